The largest absolute Gasteiger partial charge is 0.466 e. The van der Waals surface area contributed by atoms with Gasteiger partial charge in [-0.15, -0.1) is 11.8 Å². The number of hydrogen-bond acceptors (Lipinski definition) is 4. The smallest absolute Gasteiger partial charge is 0.273 e. The molecule has 2 rings (SSSR count). The first kappa shape index (κ1) is 16.2. The van der Waals surface area contributed by atoms with Crippen molar-refractivity contribution in [2.45, 2.75) is 25.7 Å². The fourth-order valence-corrected chi connectivity index (χ4v) is 2.52. The molecule has 0 aliphatic carbocycles. The van der Waals surface area contributed by atoms with E-state index in [4.69, 9.17) is 4.42 Å². The van der Waals surface area contributed by atoms with E-state index in [1.807, 2.05) is 25.3 Å². The van der Waals surface area contributed by atoms with Gasteiger partial charge in [0, 0.05) is 10.5 Å². The summed E-state index contributed by atoms with van der Waals surface area (Å²) in [4.78, 5) is 25.2. The van der Waals surface area contributed by atoms with Crippen LogP contribution in [-0.4, -0.2) is 18.1 Å². The molecular formula is C16H18N2O3S. The lowest BCUT2D eigenvalue weighted by molar-refractivity contribution is 0.0845. The Balaban J connectivity index is 2.07. The van der Waals surface area contributed by atoms with E-state index in [9.17, 15) is 9.59 Å². The van der Waals surface area contributed by atoms with E-state index in [0.29, 0.717) is 22.6 Å². The molecule has 0 saturated heterocycles. The molecule has 0 atom stereocenters. The summed E-state index contributed by atoms with van der Waals surface area (Å²) in [5, 5.41) is 0. The van der Waals surface area contributed by atoms with Crippen LogP contribution in [0.1, 0.15) is 37.8 Å². The average molecular weight is 318 g/mol. The molecule has 0 fully saturated rings. The molecule has 0 saturated carbocycles. The lowest BCUT2D eigenvalue weighted by Crippen LogP contribution is -2.42. The van der Waals surface area contributed by atoms with Crippen molar-refractivity contribution in [3.8, 4) is 0 Å². The second kappa shape index (κ2) is 6.70. The Bertz CT molecular complexity index is 722. The topological polar surface area (TPSA) is 71.3 Å². The standard InChI is InChI=1S/C16H18N2O3S/c1-9-5-6-12(22-4)8-13(9)15(19)17-18-16(20)14-7-10(2)21-11(14)3/h5-8H,1-4H3,(H,17,19)(H,18,20). The monoisotopic (exact) mass is 318 g/mol. The van der Waals surface area contributed by atoms with Crippen molar-refractivity contribution in [3.05, 3.63) is 52.5 Å². The molecule has 1 heterocycles. The average Bonchev–Trinajstić information content (AvgIpc) is 2.83. The Hall–Kier alpha value is -2.21. The van der Waals surface area contributed by atoms with Crippen molar-refractivity contribution in [2.75, 3.05) is 6.26 Å². The van der Waals surface area contributed by atoms with E-state index >= 15 is 0 Å². The normalized spacial score (nSPS) is 10.4. The second-order valence-corrected chi connectivity index (χ2v) is 5.80. The van der Waals surface area contributed by atoms with E-state index in [1.54, 1.807) is 37.7 Å². The number of furan rings is 1. The van der Waals surface area contributed by atoms with E-state index < -0.39 is 5.91 Å². The van der Waals surface area contributed by atoms with E-state index in [0.717, 1.165) is 10.5 Å². The van der Waals surface area contributed by atoms with Gasteiger partial charge in [0.05, 0.1) is 5.56 Å². The van der Waals surface area contributed by atoms with E-state index in [-0.39, 0.29) is 5.91 Å². The number of thioether (sulfide) groups is 1. The van der Waals surface area contributed by atoms with Crippen LogP contribution in [0.5, 0.6) is 0 Å². The van der Waals surface area contributed by atoms with Crippen molar-refractivity contribution in [2.24, 2.45) is 0 Å². The van der Waals surface area contributed by atoms with Crippen LogP contribution < -0.4 is 10.9 Å². The SMILES string of the molecule is CSc1ccc(C)c(C(=O)NNC(=O)c2cc(C)oc2C)c1. The third-order valence-corrected chi connectivity index (χ3v) is 3.99. The molecular weight excluding hydrogens is 300 g/mol. The van der Waals surface area contributed by atoms with E-state index in [2.05, 4.69) is 10.9 Å². The van der Waals surface area contributed by atoms with Crippen LogP contribution in [0.25, 0.3) is 0 Å². The van der Waals surface area contributed by atoms with Crippen LogP contribution in [0.3, 0.4) is 0 Å². The van der Waals surface area contributed by atoms with Crippen LogP contribution in [0.2, 0.25) is 0 Å². The van der Waals surface area contributed by atoms with Gasteiger partial charge in [-0.05, 0) is 50.8 Å². The van der Waals surface area contributed by atoms with Crippen molar-refractivity contribution in [1.82, 2.24) is 10.9 Å². The molecule has 5 nitrogen and oxygen atoms in total. The van der Waals surface area contributed by atoms with Crippen molar-refractivity contribution in [3.63, 3.8) is 0 Å². The Labute approximate surface area is 133 Å². The fraction of sp³-hybridized carbons (Fsp3) is 0.250. The predicted molar refractivity (Wildman–Crippen MR) is 86.1 cm³/mol. The number of aryl methyl sites for hydroxylation is 3. The molecule has 116 valence electrons. The third-order valence-electron chi connectivity index (χ3n) is 3.26. The lowest BCUT2D eigenvalue weighted by Gasteiger charge is -2.10. The quantitative estimate of drug-likeness (QED) is 0.674. The summed E-state index contributed by atoms with van der Waals surface area (Å²) >= 11 is 1.56. The summed E-state index contributed by atoms with van der Waals surface area (Å²) < 4.78 is 5.30. The van der Waals surface area contributed by atoms with Gasteiger partial charge >= 0.3 is 0 Å². The Morgan fingerprint density at radius 2 is 1.64 bits per heavy atom. The Morgan fingerprint density at radius 1 is 1.00 bits per heavy atom. The van der Waals surface area contributed by atoms with Gasteiger partial charge < -0.3 is 4.42 Å². The summed E-state index contributed by atoms with van der Waals surface area (Å²) in [5.41, 5.74) is 6.64. The maximum Gasteiger partial charge on any atom is 0.273 e. The highest BCUT2D eigenvalue weighted by Gasteiger charge is 2.15. The Kier molecular flexibility index (Phi) is 4.92. The highest BCUT2D eigenvalue weighted by Crippen LogP contribution is 2.19. The lowest BCUT2D eigenvalue weighted by atomic mass is 10.1. The minimum Gasteiger partial charge on any atom is -0.466 e. The highest BCUT2D eigenvalue weighted by atomic mass is 32.2. The first-order valence-electron chi connectivity index (χ1n) is 6.74. The maximum absolute atomic E-state index is 12.2. The van der Waals surface area contributed by atoms with Gasteiger partial charge in [-0.1, -0.05) is 6.07 Å². The highest BCUT2D eigenvalue weighted by molar-refractivity contribution is 7.98. The van der Waals surface area contributed by atoms with Crippen LogP contribution in [-0.2, 0) is 0 Å². The number of carbonyl (C=O) groups is 2. The zero-order chi connectivity index (χ0) is 16.3. The summed E-state index contributed by atoms with van der Waals surface area (Å²) in [5.74, 6) is 0.420. The summed E-state index contributed by atoms with van der Waals surface area (Å²) in [7, 11) is 0. The van der Waals surface area contributed by atoms with Crippen molar-refractivity contribution >= 4 is 23.6 Å². The zero-order valence-corrected chi connectivity index (χ0v) is 13.8. The van der Waals surface area contributed by atoms with Crippen LogP contribution in [0.15, 0.2) is 33.6 Å². The van der Waals surface area contributed by atoms with Gasteiger partial charge in [-0.2, -0.15) is 0 Å². The van der Waals surface area contributed by atoms with Crippen molar-refractivity contribution in [1.29, 1.82) is 0 Å². The van der Waals surface area contributed by atoms with Gasteiger partial charge in [0.1, 0.15) is 11.5 Å². The number of amides is 2. The molecule has 0 aliphatic rings. The van der Waals surface area contributed by atoms with Gasteiger partial charge in [-0.3, -0.25) is 20.4 Å². The molecule has 0 spiro atoms. The first-order valence-corrected chi connectivity index (χ1v) is 7.97. The fourth-order valence-electron chi connectivity index (χ4n) is 2.08. The van der Waals surface area contributed by atoms with Gasteiger partial charge in [0.15, 0.2) is 0 Å². The van der Waals surface area contributed by atoms with Gasteiger partial charge in [-0.25, -0.2) is 0 Å². The summed E-state index contributed by atoms with van der Waals surface area (Å²) in [6.45, 7) is 5.32. The molecule has 0 bridgehead atoms. The molecule has 22 heavy (non-hydrogen) atoms. The molecule has 0 aliphatic heterocycles. The van der Waals surface area contributed by atoms with Gasteiger partial charge in [0.25, 0.3) is 11.8 Å². The number of benzene rings is 1. The number of nitrogens with one attached hydrogen (secondary N) is 2. The minimum atomic E-state index is -0.402. The second-order valence-electron chi connectivity index (χ2n) is 4.92. The first-order chi connectivity index (χ1) is 10.4. The van der Waals surface area contributed by atoms with E-state index in [1.165, 1.54) is 0 Å². The molecule has 1 aromatic heterocycles. The number of rotatable bonds is 3. The third kappa shape index (κ3) is 3.51. The molecule has 6 heteroatoms. The molecule has 2 amide bonds. The van der Waals surface area contributed by atoms with Gasteiger partial charge in [0.2, 0.25) is 0 Å². The summed E-state index contributed by atoms with van der Waals surface area (Å²) in [6.07, 6.45) is 1.94. The predicted octanol–water partition coefficient (Wildman–Crippen LogP) is 3.00. The molecule has 2 N–H and O–H groups in total. The number of hydrazine groups is 1. The summed E-state index contributed by atoms with van der Waals surface area (Å²) in [6, 6.07) is 7.27. The van der Waals surface area contributed by atoms with Crippen molar-refractivity contribution < 1.29 is 14.0 Å². The number of hydrogen-bond donors (Lipinski definition) is 2. The van der Waals surface area contributed by atoms with Crippen LogP contribution in [0, 0.1) is 20.8 Å². The molecule has 1 aromatic carbocycles. The van der Waals surface area contributed by atoms with Crippen LogP contribution in [0.4, 0.5) is 0 Å². The zero-order valence-electron chi connectivity index (χ0n) is 12.9. The molecule has 0 unspecified atom stereocenters. The molecule has 2 aromatic rings. The minimum absolute atomic E-state index is 0.348. The number of carbonyl (C=O) groups excluding carboxylic acids is 2. The Morgan fingerprint density at radius 3 is 2.18 bits per heavy atom. The van der Waals surface area contributed by atoms with Crippen LogP contribution >= 0.6 is 11.8 Å². The molecule has 0 radical (unpaired) electrons. The maximum atomic E-state index is 12.2.